The van der Waals surface area contributed by atoms with Crippen LogP contribution in [0.4, 0.5) is 5.82 Å². The minimum absolute atomic E-state index is 0.0438. The van der Waals surface area contributed by atoms with Crippen LogP contribution < -0.4 is 4.90 Å². The van der Waals surface area contributed by atoms with Crippen LogP contribution in [0.2, 0.25) is 0 Å². The quantitative estimate of drug-likeness (QED) is 0.849. The van der Waals surface area contributed by atoms with Gasteiger partial charge in [0, 0.05) is 13.1 Å². The maximum atomic E-state index is 8.93. The number of aliphatic hydroxyl groups is 1. The molecule has 1 aliphatic heterocycles. The van der Waals surface area contributed by atoms with Crippen molar-refractivity contribution in [1.82, 2.24) is 10.2 Å². The molecule has 1 unspecified atom stereocenters. The van der Waals surface area contributed by atoms with Crippen LogP contribution in [0.15, 0.2) is 12.1 Å². The molecule has 1 N–H and O–H groups in total. The Balaban J connectivity index is 2.05. The first-order valence-electron chi connectivity index (χ1n) is 6.19. The molecule has 0 amide bonds. The van der Waals surface area contributed by atoms with Crippen molar-refractivity contribution in [2.45, 2.75) is 33.8 Å². The van der Waals surface area contributed by atoms with Gasteiger partial charge in [-0.3, -0.25) is 0 Å². The molecule has 1 aromatic rings. The van der Waals surface area contributed by atoms with Gasteiger partial charge in [-0.1, -0.05) is 20.8 Å². The van der Waals surface area contributed by atoms with Gasteiger partial charge in [0.25, 0.3) is 0 Å². The first-order valence-corrected chi connectivity index (χ1v) is 6.19. The summed E-state index contributed by atoms with van der Waals surface area (Å²) < 4.78 is 0. The molecular weight excluding hydrogens is 214 g/mol. The summed E-state index contributed by atoms with van der Waals surface area (Å²) in [6.07, 6.45) is 1.22. The Morgan fingerprint density at radius 2 is 2.12 bits per heavy atom. The molecule has 2 rings (SSSR count). The molecule has 0 saturated carbocycles. The van der Waals surface area contributed by atoms with Crippen LogP contribution in [0.25, 0.3) is 0 Å². The lowest BCUT2D eigenvalue weighted by Gasteiger charge is -2.27. The molecule has 4 heteroatoms. The number of nitrogens with zero attached hydrogens (tertiary/aromatic N) is 3. The van der Waals surface area contributed by atoms with E-state index in [2.05, 4.69) is 35.9 Å². The predicted molar refractivity (Wildman–Crippen MR) is 67.7 cm³/mol. The highest BCUT2D eigenvalue weighted by Crippen LogP contribution is 2.34. The van der Waals surface area contributed by atoms with Crippen LogP contribution in [-0.2, 0) is 6.61 Å². The van der Waals surface area contributed by atoms with Crippen molar-refractivity contribution in [1.29, 1.82) is 0 Å². The van der Waals surface area contributed by atoms with E-state index in [0.717, 1.165) is 18.9 Å². The van der Waals surface area contributed by atoms with Crippen molar-refractivity contribution in [2.24, 2.45) is 11.3 Å². The third-order valence-electron chi connectivity index (χ3n) is 3.60. The minimum Gasteiger partial charge on any atom is -0.390 e. The van der Waals surface area contributed by atoms with Crippen molar-refractivity contribution in [3.05, 3.63) is 17.8 Å². The third-order valence-corrected chi connectivity index (χ3v) is 3.60. The molecule has 0 aliphatic carbocycles. The largest absolute Gasteiger partial charge is 0.390 e. The smallest absolute Gasteiger partial charge is 0.151 e. The van der Waals surface area contributed by atoms with Crippen LogP contribution in [0.5, 0.6) is 0 Å². The van der Waals surface area contributed by atoms with Gasteiger partial charge in [0.05, 0.1) is 12.3 Å². The van der Waals surface area contributed by atoms with Crippen molar-refractivity contribution < 1.29 is 5.11 Å². The molecule has 1 aliphatic rings. The molecule has 2 heterocycles. The highest BCUT2D eigenvalue weighted by atomic mass is 16.3. The SMILES string of the molecule is CC(C)(C)C1CCN(c2ccc(CO)nn2)C1. The minimum atomic E-state index is -0.0438. The van der Waals surface area contributed by atoms with Gasteiger partial charge in [-0.15, -0.1) is 5.10 Å². The first kappa shape index (κ1) is 12.3. The normalized spacial score (nSPS) is 20.9. The van der Waals surface area contributed by atoms with Crippen molar-refractivity contribution >= 4 is 5.82 Å². The summed E-state index contributed by atoms with van der Waals surface area (Å²) in [5, 5.41) is 17.1. The predicted octanol–water partition coefficient (Wildman–Crippen LogP) is 1.84. The molecule has 4 nitrogen and oxygen atoms in total. The lowest BCUT2D eigenvalue weighted by molar-refractivity contribution is 0.263. The molecule has 17 heavy (non-hydrogen) atoms. The van der Waals surface area contributed by atoms with Gasteiger partial charge < -0.3 is 10.0 Å². The monoisotopic (exact) mass is 235 g/mol. The standard InChI is InChI=1S/C13H21N3O/c1-13(2,3)10-6-7-16(8-10)12-5-4-11(9-17)14-15-12/h4-5,10,17H,6-9H2,1-3H3. The topological polar surface area (TPSA) is 49.2 Å². The molecule has 0 radical (unpaired) electrons. The molecule has 0 bridgehead atoms. The van der Waals surface area contributed by atoms with Gasteiger partial charge in [0.2, 0.25) is 0 Å². The van der Waals surface area contributed by atoms with Crippen LogP contribution in [0, 0.1) is 11.3 Å². The summed E-state index contributed by atoms with van der Waals surface area (Å²) in [6, 6.07) is 3.79. The first-order chi connectivity index (χ1) is 8.00. The molecule has 0 aromatic carbocycles. The number of hydrogen-bond donors (Lipinski definition) is 1. The Labute approximate surface area is 103 Å². The van der Waals surface area contributed by atoms with Crippen molar-refractivity contribution in [3.8, 4) is 0 Å². The van der Waals surface area contributed by atoms with E-state index < -0.39 is 0 Å². The average molecular weight is 235 g/mol. The number of hydrogen-bond acceptors (Lipinski definition) is 4. The summed E-state index contributed by atoms with van der Waals surface area (Å²) in [6.45, 7) is 8.94. The Kier molecular flexibility index (Phi) is 3.33. The third kappa shape index (κ3) is 2.75. The van der Waals surface area contributed by atoms with E-state index in [9.17, 15) is 0 Å². The van der Waals surface area contributed by atoms with Gasteiger partial charge in [0.1, 0.15) is 0 Å². The lowest BCUT2D eigenvalue weighted by Crippen LogP contribution is -2.26. The van der Waals surface area contributed by atoms with Crippen LogP contribution >= 0.6 is 0 Å². The van der Waals surface area contributed by atoms with Gasteiger partial charge in [0.15, 0.2) is 5.82 Å². The highest BCUT2D eigenvalue weighted by Gasteiger charge is 2.32. The summed E-state index contributed by atoms with van der Waals surface area (Å²) in [7, 11) is 0. The van der Waals surface area contributed by atoms with Crippen LogP contribution in [0.1, 0.15) is 32.9 Å². The number of rotatable bonds is 2. The molecule has 1 fully saturated rings. The fourth-order valence-corrected chi connectivity index (χ4v) is 2.28. The zero-order valence-corrected chi connectivity index (χ0v) is 10.8. The molecule has 1 aromatic heterocycles. The van der Waals surface area contributed by atoms with Crippen molar-refractivity contribution in [2.75, 3.05) is 18.0 Å². The van der Waals surface area contributed by atoms with E-state index in [0.29, 0.717) is 17.0 Å². The number of aliphatic hydroxyl groups excluding tert-OH is 1. The summed E-state index contributed by atoms with van der Waals surface area (Å²) in [4.78, 5) is 2.28. The van der Waals surface area contributed by atoms with Gasteiger partial charge in [-0.25, -0.2) is 0 Å². The van der Waals surface area contributed by atoms with Gasteiger partial charge in [-0.2, -0.15) is 5.10 Å². The zero-order chi connectivity index (χ0) is 12.5. The second-order valence-corrected chi connectivity index (χ2v) is 5.84. The molecule has 0 spiro atoms. The van der Waals surface area contributed by atoms with Crippen molar-refractivity contribution in [3.63, 3.8) is 0 Å². The van der Waals surface area contributed by atoms with E-state index in [1.807, 2.05) is 12.1 Å². The second-order valence-electron chi connectivity index (χ2n) is 5.84. The Hall–Kier alpha value is -1.16. The van der Waals surface area contributed by atoms with E-state index in [1.54, 1.807) is 0 Å². The number of anilines is 1. The molecular formula is C13H21N3O. The summed E-state index contributed by atoms with van der Waals surface area (Å²) in [5.41, 5.74) is 0.980. The lowest BCUT2D eigenvalue weighted by atomic mass is 9.80. The zero-order valence-electron chi connectivity index (χ0n) is 10.8. The average Bonchev–Trinajstić information content (AvgIpc) is 2.78. The fraction of sp³-hybridized carbons (Fsp3) is 0.692. The van der Waals surface area contributed by atoms with E-state index in [4.69, 9.17) is 5.11 Å². The maximum Gasteiger partial charge on any atom is 0.151 e. The van der Waals surface area contributed by atoms with E-state index in [1.165, 1.54) is 6.42 Å². The Morgan fingerprint density at radius 3 is 2.59 bits per heavy atom. The van der Waals surface area contributed by atoms with Gasteiger partial charge >= 0.3 is 0 Å². The highest BCUT2D eigenvalue weighted by molar-refractivity contribution is 5.38. The van der Waals surface area contributed by atoms with Gasteiger partial charge in [-0.05, 0) is 29.9 Å². The van der Waals surface area contributed by atoms with Crippen LogP contribution in [-0.4, -0.2) is 28.4 Å². The van der Waals surface area contributed by atoms with E-state index in [-0.39, 0.29) is 6.61 Å². The summed E-state index contributed by atoms with van der Waals surface area (Å²) >= 11 is 0. The fourth-order valence-electron chi connectivity index (χ4n) is 2.28. The van der Waals surface area contributed by atoms with Crippen LogP contribution in [0.3, 0.4) is 0 Å². The Bertz CT molecular complexity index is 369. The molecule has 94 valence electrons. The molecule has 1 atom stereocenters. The number of aromatic nitrogens is 2. The Morgan fingerprint density at radius 1 is 1.35 bits per heavy atom. The van der Waals surface area contributed by atoms with E-state index >= 15 is 0 Å². The maximum absolute atomic E-state index is 8.93. The summed E-state index contributed by atoms with van der Waals surface area (Å²) in [5.74, 6) is 1.63. The second kappa shape index (κ2) is 4.61. The molecule has 1 saturated heterocycles.